The first-order valence-electron chi connectivity index (χ1n) is 6.33. The fourth-order valence-electron chi connectivity index (χ4n) is 1.79. The summed E-state index contributed by atoms with van der Waals surface area (Å²) in [6, 6.07) is 0.546. The zero-order valence-electron chi connectivity index (χ0n) is 12.1. The Kier molecular flexibility index (Phi) is 4.93. The van der Waals surface area contributed by atoms with Gasteiger partial charge >= 0.3 is 0 Å². The molecule has 2 rings (SSSR count). The lowest BCUT2D eigenvalue weighted by Gasteiger charge is -2.18. The summed E-state index contributed by atoms with van der Waals surface area (Å²) in [6.07, 6.45) is 2.64. The van der Waals surface area contributed by atoms with Crippen LogP contribution in [-0.2, 0) is 14.8 Å². The Hall–Kier alpha value is -2.82. The van der Waals surface area contributed by atoms with Gasteiger partial charge in [0.1, 0.15) is 23.9 Å². The van der Waals surface area contributed by atoms with Crippen LogP contribution in [0.25, 0.3) is 0 Å². The number of benzene rings is 1. The third-order valence-corrected chi connectivity index (χ3v) is 3.33. The lowest BCUT2D eigenvalue weighted by molar-refractivity contribution is -0.121. The largest absolute Gasteiger partial charge is 0.451 e. The molecular formula is C13H11F2N3O5S. The van der Waals surface area contributed by atoms with Gasteiger partial charge in [0.25, 0.3) is 11.8 Å². The molecule has 1 aromatic carbocycles. The molecule has 2 amide bonds. The highest BCUT2D eigenvalue weighted by molar-refractivity contribution is 7.89. The summed E-state index contributed by atoms with van der Waals surface area (Å²) in [5, 5.41) is 2.12. The molecule has 2 aromatic rings. The van der Waals surface area contributed by atoms with Crippen molar-refractivity contribution in [3.8, 4) is 0 Å². The molecule has 0 aliphatic carbocycles. The zero-order chi connectivity index (χ0) is 17.9. The Labute approximate surface area is 134 Å². The smallest absolute Gasteiger partial charge is 0.274 e. The minimum absolute atomic E-state index is 0.213. The van der Waals surface area contributed by atoms with Crippen molar-refractivity contribution in [2.45, 2.75) is 6.04 Å². The van der Waals surface area contributed by atoms with Gasteiger partial charge in [-0.25, -0.2) is 22.2 Å². The third kappa shape index (κ3) is 4.35. The molecule has 2 N–H and O–H groups in total. The van der Waals surface area contributed by atoms with Gasteiger partial charge in [-0.3, -0.25) is 14.3 Å². The molecular weight excluding hydrogens is 348 g/mol. The van der Waals surface area contributed by atoms with Crippen LogP contribution in [0.5, 0.6) is 0 Å². The molecule has 1 heterocycles. The Morgan fingerprint density at radius 1 is 1.29 bits per heavy atom. The van der Waals surface area contributed by atoms with Crippen molar-refractivity contribution >= 4 is 21.8 Å². The topological polar surface area (TPSA) is 118 Å². The van der Waals surface area contributed by atoms with E-state index in [2.05, 4.69) is 14.7 Å². The number of carbonyl (C=O) groups excluding carboxylic acids is 2. The average Bonchev–Trinajstić information content (AvgIpc) is 2.97. The van der Waals surface area contributed by atoms with Crippen LogP contribution in [0.2, 0.25) is 0 Å². The molecule has 1 unspecified atom stereocenters. The van der Waals surface area contributed by atoms with Crippen LogP contribution in [0.4, 0.5) is 8.78 Å². The maximum absolute atomic E-state index is 13.9. The van der Waals surface area contributed by atoms with E-state index in [4.69, 9.17) is 0 Å². The lowest BCUT2D eigenvalue weighted by Crippen LogP contribution is -2.42. The molecule has 1 aromatic heterocycles. The van der Waals surface area contributed by atoms with E-state index in [9.17, 15) is 26.8 Å². The van der Waals surface area contributed by atoms with E-state index < -0.39 is 45.1 Å². The van der Waals surface area contributed by atoms with Crippen molar-refractivity contribution in [1.29, 1.82) is 0 Å². The van der Waals surface area contributed by atoms with Crippen LogP contribution in [0.1, 0.15) is 22.1 Å². The number of sulfonamides is 1. The lowest BCUT2D eigenvalue weighted by atomic mass is 10.1. The van der Waals surface area contributed by atoms with Gasteiger partial charge in [0.2, 0.25) is 10.0 Å². The Balaban J connectivity index is 2.37. The SMILES string of the molecule is CS(=O)(=O)NC(=O)C(NC(=O)c1cocn1)c1ccc(F)cc1F. The summed E-state index contributed by atoms with van der Waals surface area (Å²) >= 11 is 0. The quantitative estimate of drug-likeness (QED) is 0.803. The van der Waals surface area contributed by atoms with E-state index in [1.165, 1.54) is 0 Å². The first-order chi connectivity index (χ1) is 11.2. The molecule has 1 atom stereocenters. The van der Waals surface area contributed by atoms with Crippen LogP contribution < -0.4 is 10.0 Å². The second kappa shape index (κ2) is 6.74. The third-order valence-electron chi connectivity index (χ3n) is 2.76. The molecule has 0 aliphatic heterocycles. The van der Waals surface area contributed by atoms with E-state index in [1.807, 2.05) is 0 Å². The second-order valence-corrected chi connectivity index (χ2v) is 6.43. The number of carbonyl (C=O) groups is 2. The summed E-state index contributed by atoms with van der Waals surface area (Å²) in [7, 11) is -3.97. The predicted molar refractivity (Wildman–Crippen MR) is 76.1 cm³/mol. The standard InChI is InChI=1S/C13H11F2N3O5S/c1-24(21,22)18-13(20)11(8-3-2-7(14)4-9(8)15)17-12(19)10-5-23-6-16-10/h2-6,11H,1H3,(H,17,19)(H,18,20). The second-order valence-electron chi connectivity index (χ2n) is 4.68. The normalized spacial score (nSPS) is 12.5. The van der Waals surface area contributed by atoms with Gasteiger partial charge in [-0.1, -0.05) is 6.07 Å². The van der Waals surface area contributed by atoms with Crippen molar-refractivity contribution < 1.29 is 31.2 Å². The zero-order valence-corrected chi connectivity index (χ0v) is 12.9. The van der Waals surface area contributed by atoms with Crippen molar-refractivity contribution in [2.24, 2.45) is 0 Å². The highest BCUT2D eigenvalue weighted by atomic mass is 32.2. The molecule has 128 valence electrons. The van der Waals surface area contributed by atoms with Gasteiger partial charge in [-0.05, 0) is 6.07 Å². The molecule has 0 bridgehead atoms. The molecule has 0 saturated heterocycles. The number of halogens is 2. The number of nitrogens with one attached hydrogen (secondary N) is 2. The highest BCUT2D eigenvalue weighted by Crippen LogP contribution is 2.19. The highest BCUT2D eigenvalue weighted by Gasteiger charge is 2.28. The van der Waals surface area contributed by atoms with Crippen molar-refractivity contribution in [3.63, 3.8) is 0 Å². The molecule has 0 fully saturated rings. The number of aromatic nitrogens is 1. The van der Waals surface area contributed by atoms with Gasteiger partial charge in [-0.15, -0.1) is 0 Å². The molecule has 24 heavy (non-hydrogen) atoms. The van der Waals surface area contributed by atoms with Gasteiger partial charge in [0, 0.05) is 11.6 Å². The number of hydrogen-bond acceptors (Lipinski definition) is 6. The van der Waals surface area contributed by atoms with Crippen LogP contribution >= 0.6 is 0 Å². The fourth-order valence-corrected chi connectivity index (χ4v) is 2.27. The van der Waals surface area contributed by atoms with Gasteiger partial charge < -0.3 is 9.73 Å². The van der Waals surface area contributed by atoms with Gasteiger partial charge in [-0.2, -0.15) is 0 Å². The Bertz CT molecular complexity index is 868. The number of rotatable bonds is 5. The number of nitrogens with zero attached hydrogens (tertiary/aromatic N) is 1. The van der Waals surface area contributed by atoms with Crippen molar-refractivity contribution in [1.82, 2.24) is 15.0 Å². The van der Waals surface area contributed by atoms with E-state index in [0.717, 1.165) is 24.8 Å². The van der Waals surface area contributed by atoms with E-state index >= 15 is 0 Å². The summed E-state index contributed by atoms with van der Waals surface area (Å²) in [6.45, 7) is 0. The van der Waals surface area contributed by atoms with E-state index in [-0.39, 0.29) is 5.69 Å². The van der Waals surface area contributed by atoms with Crippen LogP contribution in [0, 0.1) is 11.6 Å². The van der Waals surface area contributed by atoms with Crippen molar-refractivity contribution in [2.75, 3.05) is 6.26 Å². The minimum Gasteiger partial charge on any atom is -0.451 e. The van der Waals surface area contributed by atoms with E-state index in [1.54, 1.807) is 4.72 Å². The number of amides is 2. The first kappa shape index (κ1) is 17.5. The molecule has 11 heteroatoms. The number of oxazole rings is 1. The minimum atomic E-state index is -3.97. The van der Waals surface area contributed by atoms with Gasteiger partial charge in [0.15, 0.2) is 12.1 Å². The summed E-state index contributed by atoms with van der Waals surface area (Å²) in [5.41, 5.74) is -0.635. The van der Waals surface area contributed by atoms with Crippen LogP contribution in [-0.4, -0.2) is 31.5 Å². The Morgan fingerprint density at radius 3 is 2.54 bits per heavy atom. The average molecular weight is 359 g/mol. The molecule has 8 nitrogen and oxygen atoms in total. The predicted octanol–water partition coefficient (Wildman–Crippen LogP) is 0.500. The van der Waals surface area contributed by atoms with Crippen LogP contribution in [0.15, 0.2) is 35.3 Å². The van der Waals surface area contributed by atoms with Crippen LogP contribution in [0.3, 0.4) is 0 Å². The maximum atomic E-state index is 13.9. The molecule has 0 aliphatic rings. The Morgan fingerprint density at radius 2 is 2.00 bits per heavy atom. The van der Waals surface area contributed by atoms with Gasteiger partial charge in [0.05, 0.1) is 6.26 Å². The summed E-state index contributed by atoms with van der Waals surface area (Å²) in [5.74, 6) is -4.17. The monoisotopic (exact) mass is 359 g/mol. The molecule has 0 saturated carbocycles. The molecule has 0 spiro atoms. The first-order valence-corrected chi connectivity index (χ1v) is 8.22. The fraction of sp³-hybridized carbons (Fsp3) is 0.154. The number of hydrogen-bond donors (Lipinski definition) is 2. The summed E-state index contributed by atoms with van der Waals surface area (Å²) in [4.78, 5) is 27.6. The van der Waals surface area contributed by atoms with Crippen molar-refractivity contribution in [3.05, 3.63) is 53.7 Å². The molecule has 0 radical (unpaired) electrons. The van der Waals surface area contributed by atoms with E-state index in [0.29, 0.717) is 12.3 Å². The summed E-state index contributed by atoms with van der Waals surface area (Å²) < 4.78 is 55.6. The maximum Gasteiger partial charge on any atom is 0.274 e.